The van der Waals surface area contributed by atoms with Crippen LogP contribution in [-0.2, 0) is 10.2 Å². The first-order chi connectivity index (χ1) is 8.50. The molecule has 0 radical (unpaired) electrons. The van der Waals surface area contributed by atoms with Crippen molar-refractivity contribution < 1.29 is 9.18 Å². The Bertz CT molecular complexity index is 405. The zero-order valence-electron chi connectivity index (χ0n) is 11.0. The van der Waals surface area contributed by atoms with Crippen LogP contribution in [0, 0.1) is 5.82 Å². The molecule has 0 heterocycles. The molecule has 1 rings (SSSR count). The number of unbranched alkanes of at least 4 members (excludes halogenated alkanes) is 1. The van der Waals surface area contributed by atoms with Crippen molar-refractivity contribution in [1.82, 2.24) is 5.32 Å². The molecule has 0 saturated carbocycles. The standard InChI is InChI=1S/C14H21FN2O/c1-14(2,11-7-3-4-8-12(11)15)13(18)17-10-6-5-9-16/h3-4,7-8H,5-6,9-10,16H2,1-2H3,(H,17,18). The highest BCUT2D eigenvalue weighted by Crippen LogP contribution is 2.25. The Morgan fingerprint density at radius 2 is 2.00 bits per heavy atom. The molecule has 0 bridgehead atoms. The summed E-state index contributed by atoms with van der Waals surface area (Å²) in [5.74, 6) is -0.510. The number of amides is 1. The van der Waals surface area contributed by atoms with Gasteiger partial charge in [-0.05, 0) is 39.3 Å². The Balaban J connectivity index is 2.68. The van der Waals surface area contributed by atoms with Crippen LogP contribution < -0.4 is 11.1 Å². The molecule has 0 fully saturated rings. The van der Waals surface area contributed by atoms with E-state index in [4.69, 9.17) is 5.73 Å². The van der Waals surface area contributed by atoms with Crippen molar-refractivity contribution in [3.8, 4) is 0 Å². The molecule has 0 spiro atoms. The topological polar surface area (TPSA) is 55.1 Å². The molecule has 3 nitrogen and oxygen atoms in total. The summed E-state index contributed by atoms with van der Waals surface area (Å²) in [6.07, 6.45) is 1.72. The summed E-state index contributed by atoms with van der Waals surface area (Å²) in [4.78, 5) is 12.1. The number of benzene rings is 1. The second-order valence-corrected chi connectivity index (χ2v) is 4.86. The highest BCUT2D eigenvalue weighted by atomic mass is 19.1. The van der Waals surface area contributed by atoms with Crippen molar-refractivity contribution in [1.29, 1.82) is 0 Å². The Morgan fingerprint density at radius 1 is 1.33 bits per heavy atom. The Labute approximate surface area is 108 Å². The molecule has 0 saturated heterocycles. The molecule has 1 aromatic rings. The van der Waals surface area contributed by atoms with Crippen LogP contribution in [0.2, 0.25) is 0 Å². The predicted octanol–water partition coefficient (Wildman–Crippen LogP) is 1.96. The largest absolute Gasteiger partial charge is 0.355 e. The molecule has 100 valence electrons. The third kappa shape index (κ3) is 3.53. The molecule has 0 aliphatic carbocycles. The molecule has 18 heavy (non-hydrogen) atoms. The zero-order chi connectivity index (χ0) is 13.6. The number of nitrogens with one attached hydrogen (secondary N) is 1. The average molecular weight is 252 g/mol. The molecule has 0 unspecified atom stereocenters. The van der Waals surface area contributed by atoms with Crippen molar-refractivity contribution in [2.24, 2.45) is 5.73 Å². The molecular weight excluding hydrogens is 231 g/mol. The SMILES string of the molecule is CC(C)(C(=O)NCCCCN)c1ccccc1F. The number of hydrogen-bond donors (Lipinski definition) is 2. The van der Waals surface area contributed by atoms with Crippen LogP contribution in [0.5, 0.6) is 0 Å². The van der Waals surface area contributed by atoms with Gasteiger partial charge in [0.2, 0.25) is 5.91 Å². The van der Waals surface area contributed by atoms with Gasteiger partial charge in [-0.25, -0.2) is 4.39 Å². The summed E-state index contributed by atoms with van der Waals surface area (Å²) in [6, 6.07) is 6.38. The third-order valence-electron chi connectivity index (χ3n) is 3.03. The lowest BCUT2D eigenvalue weighted by Crippen LogP contribution is -2.41. The fourth-order valence-corrected chi connectivity index (χ4v) is 1.78. The van der Waals surface area contributed by atoms with Gasteiger partial charge in [0.1, 0.15) is 5.82 Å². The highest BCUT2D eigenvalue weighted by Gasteiger charge is 2.31. The molecule has 1 amide bonds. The maximum Gasteiger partial charge on any atom is 0.230 e. The summed E-state index contributed by atoms with van der Waals surface area (Å²) in [7, 11) is 0. The first-order valence-electron chi connectivity index (χ1n) is 6.23. The smallest absolute Gasteiger partial charge is 0.230 e. The molecular formula is C14H21FN2O. The van der Waals surface area contributed by atoms with Crippen LogP contribution in [0.4, 0.5) is 4.39 Å². The lowest BCUT2D eigenvalue weighted by Gasteiger charge is -2.24. The molecule has 4 heteroatoms. The van der Waals surface area contributed by atoms with E-state index in [-0.39, 0.29) is 11.7 Å². The molecule has 0 aliphatic rings. The van der Waals surface area contributed by atoms with Crippen molar-refractivity contribution in [3.63, 3.8) is 0 Å². The van der Waals surface area contributed by atoms with Crippen molar-refractivity contribution >= 4 is 5.91 Å². The van der Waals surface area contributed by atoms with E-state index in [2.05, 4.69) is 5.32 Å². The van der Waals surface area contributed by atoms with Gasteiger partial charge >= 0.3 is 0 Å². The van der Waals surface area contributed by atoms with E-state index in [9.17, 15) is 9.18 Å². The van der Waals surface area contributed by atoms with E-state index in [1.54, 1.807) is 32.0 Å². The first-order valence-corrected chi connectivity index (χ1v) is 6.23. The Morgan fingerprint density at radius 3 is 2.61 bits per heavy atom. The molecule has 3 N–H and O–H groups in total. The number of carbonyl (C=O) groups is 1. The van der Waals surface area contributed by atoms with Crippen LogP contribution in [0.25, 0.3) is 0 Å². The lowest BCUT2D eigenvalue weighted by molar-refractivity contribution is -0.125. The number of halogens is 1. The van der Waals surface area contributed by atoms with Crippen molar-refractivity contribution in [3.05, 3.63) is 35.6 Å². The second kappa shape index (κ2) is 6.50. The first kappa shape index (κ1) is 14.6. The summed E-state index contributed by atoms with van der Waals surface area (Å²) in [6.45, 7) is 4.65. The fraction of sp³-hybridized carbons (Fsp3) is 0.500. The minimum absolute atomic E-state index is 0.162. The fourth-order valence-electron chi connectivity index (χ4n) is 1.78. The van der Waals surface area contributed by atoms with Gasteiger partial charge in [0.25, 0.3) is 0 Å². The van der Waals surface area contributed by atoms with Gasteiger partial charge < -0.3 is 11.1 Å². The zero-order valence-corrected chi connectivity index (χ0v) is 11.0. The van der Waals surface area contributed by atoms with Gasteiger partial charge in [-0.2, -0.15) is 0 Å². The Kier molecular flexibility index (Phi) is 5.28. The van der Waals surface area contributed by atoms with Gasteiger partial charge in [0.15, 0.2) is 0 Å². The summed E-state index contributed by atoms with van der Waals surface area (Å²) < 4.78 is 13.7. The second-order valence-electron chi connectivity index (χ2n) is 4.86. The number of hydrogen-bond acceptors (Lipinski definition) is 2. The molecule has 0 atom stereocenters. The normalized spacial score (nSPS) is 11.3. The summed E-state index contributed by atoms with van der Waals surface area (Å²) in [5.41, 5.74) is 4.93. The predicted molar refractivity (Wildman–Crippen MR) is 70.7 cm³/mol. The maximum atomic E-state index is 13.7. The summed E-state index contributed by atoms with van der Waals surface area (Å²) >= 11 is 0. The van der Waals surface area contributed by atoms with Crippen LogP contribution in [0.1, 0.15) is 32.3 Å². The monoisotopic (exact) mass is 252 g/mol. The minimum atomic E-state index is -0.867. The average Bonchev–Trinajstić information content (AvgIpc) is 2.34. The Hall–Kier alpha value is -1.42. The van der Waals surface area contributed by atoms with E-state index < -0.39 is 5.41 Å². The minimum Gasteiger partial charge on any atom is -0.355 e. The number of nitrogens with two attached hydrogens (primary N) is 1. The molecule has 0 aliphatic heterocycles. The van der Waals surface area contributed by atoms with Gasteiger partial charge in [-0.1, -0.05) is 18.2 Å². The third-order valence-corrected chi connectivity index (χ3v) is 3.03. The van der Waals surface area contributed by atoms with E-state index in [0.29, 0.717) is 18.7 Å². The molecule has 1 aromatic carbocycles. The van der Waals surface area contributed by atoms with E-state index >= 15 is 0 Å². The quantitative estimate of drug-likeness (QED) is 0.760. The van der Waals surface area contributed by atoms with E-state index in [1.165, 1.54) is 6.07 Å². The van der Waals surface area contributed by atoms with Gasteiger partial charge in [-0.3, -0.25) is 4.79 Å². The van der Waals surface area contributed by atoms with Crippen LogP contribution in [-0.4, -0.2) is 19.0 Å². The van der Waals surface area contributed by atoms with Crippen molar-refractivity contribution in [2.75, 3.05) is 13.1 Å². The van der Waals surface area contributed by atoms with E-state index in [1.807, 2.05) is 0 Å². The maximum absolute atomic E-state index is 13.7. The van der Waals surface area contributed by atoms with Gasteiger partial charge in [0.05, 0.1) is 5.41 Å². The molecule has 0 aromatic heterocycles. The van der Waals surface area contributed by atoms with Gasteiger partial charge in [-0.15, -0.1) is 0 Å². The van der Waals surface area contributed by atoms with Gasteiger partial charge in [0, 0.05) is 12.1 Å². The number of rotatable bonds is 6. The number of carbonyl (C=O) groups excluding carboxylic acids is 1. The lowest BCUT2D eigenvalue weighted by atomic mass is 9.83. The highest BCUT2D eigenvalue weighted by molar-refractivity contribution is 5.87. The summed E-state index contributed by atoms with van der Waals surface area (Å²) in [5, 5.41) is 2.82. The van der Waals surface area contributed by atoms with Crippen LogP contribution >= 0.6 is 0 Å². The van der Waals surface area contributed by atoms with Crippen LogP contribution in [0.3, 0.4) is 0 Å². The van der Waals surface area contributed by atoms with Crippen LogP contribution in [0.15, 0.2) is 24.3 Å². The van der Waals surface area contributed by atoms with E-state index in [0.717, 1.165) is 12.8 Å². The van der Waals surface area contributed by atoms with Crippen molar-refractivity contribution in [2.45, 2.75) is 32.1 Å².